The molecular formula is C23H27N5O2S2. The average Bonchev–Trinajstić information content (AvgIpc) is 3.14. The quantitative estimate of drug-likeness (QED) is 0.185. The van der Waals surface area contributed by atoms with Gasteiger partial charge in [0.05, 0.1) is 39.9 Å². The number of pyridine rings is 1. The number of carbonyl (C=O) groups is 1. The van der Waals surface area contributed by atoms with Crippen LogP contribution in [0.15, 0.2) is 53.0 Å². The summed E-state index contributed by atoms with van der Waals surface area (Å²) >= 11 is 3.27. The summed E-state index contributed by atoms with van der Waals surface area (Å²) in [7, 11) is 1.56. The molecule has 0 unspecified atom stereocenters. The van der Waals surface area contributed by atoms with Gasteiger partial charge in [-0.1, -0.05) is 18.2 Å². The van der Waals surface area contributed by atoms with Crippen molar-refractivity contribution in [1.29, 1.82) is 0 Å². The monoisotopic (exact) mass is 469 g/mol. The van der Waals surface area contributed by atoms with Crippen molar-refractivity contribution in [2.24, 2.45) is 4.99 Å². The average molecular weight is 470 g/mol. The van der Waals surface area contributed by atoms with E-state index in [9.17, 15) is 4.79 Å². The molecule has 1 aromatic carbocycles. The zero-order chi connectivity index (χ0) is 23.3. The first-order valence-corrected chi connectivity index (χ1v) is 11.6. The molecule has 2 N–H and O–H groups in total. The van der Waals surface area contributed by atoms with Crippen LogP contribution >= 0.6 is 23.1 Å². The van der Waals surface area contributed by atoms with E-state index in [0.717, 1.165) is 38.5 Å². The molecule has 0 atom stereocenters. The SMILES string of the molecule is C=N/C(=C\SCNc1ccc(C)cn1)c1sc(C)nc1C.COc1ccccc1NC=O. The Balaban J connectivity index is 0.000000278. The molecule has 7 nitrogen and oxygen atoms in total. The van der Waals surface area contributed by atoms with Crippen molar-refractivity contribution in [2.45, 2.75) is 20.8 Å². The van der Waals surface area contributed by atoms with Gasteiger partial charge in [-0.15, -0.1) is 23.1 Å². The number of hydrogen-bond acceptors (Lipinski definition) is 8. The highest BCUT2D eigenvalue weighted by Gasteiger charge is 2.08. The van der Waals surface area contributed by atoms with Gasteiger partial charge < -0.3 is 15.4 Å². The predicted octanol–water partition coefficient (Wildman–Crippen LogP) is 5.53. The van der Waals surface area contributed by atoms with Crippen molar-refractivity contribution in [3.8, 4) is 5.75 Å². The minimum absolute atomic E-state index is 0.623. The zero-order valence-electron chi connectivity index (χ0n) is 18.6. The third-order valence-corrected chi connectivity index (χ3v) is 5.87. The summed E-state index contributed by atoms with van der Waals surface area (Å²) < 4.78 is 4.98. The third kappa shape index (κ3) is 7.82. The number of aryl methyl sites for hydroxylation is 3. The molecule has 32 heavy (non-hydrogen) atoms. The fourth-order valence-electron chi connectivity index (χ4n) is 2.57. The number of nitrogens with one attached hydrogen (secondary N) is 2. The second kappa shape index (κ2) is 13.3. The number of nitrogens with zero attached hydrogens (tertiary/aromatic N) is 3. The van der Waals surface area contributed by atoms with Crippen molar-refractivity contribution in [3.05, 3.63) is 69.1 Å². The lowest BCUT2D eigenvalue weighted by Crippen LogP contribution is -1.98. The Kier molecular flexibility index (Phi) is 10.4. The summed E-state index contributed by atoms with van der Waals surface area (Å²) in [6.07, 6.45) is 2.47. The number of rotatable bonds is 9. The number of thioether (sulfide) groups is 1. The molecule has 0 spiro atoms. The number of para-hydroxylation sites is 2. The van der Waals surface area contributed by atoms with E-state index in [2.05, 4.69) is 32.3 Å². The number of anilines is 2. The van der Waals surface area contributed by atoms with E-state index >= 15 is 0 Å². The number of carbonyl (C=O) groups excluding carboxylic acids is 1. The molecule has 0 saturated heterocycles. The molecule has 3 aromatic rings. The maximum atomic E-state index is 10.1. The fraction of sp³-hybridized carbons (Fsp3) is 0.217. The Morgan fingerprint density at radius 2 is 2.03 bits per heavy atom. The van der Waals surface area contributed by atoms with Gasteiger partial charge >= 0.3 is 0 Å². The second-order valence-corrected chi connectivity index (χ2v) is 8.54. The van der Waals surface area contributed by atoms with E-state index < -0.39 is 0 Å². The molecule has 0 aliphatic rings. The normalized spacial score (nSPS) is 10.6. The Labute approximate surface area is 197 Å². The van der Waals surface area contributed by atoms with E-state index in [1.807, 2.05) is 56.6 Å². The molecule has 2 aromatic heterocycles. The number of benzene rings is 1. The van der Waals surface area contributed by atoms with E-state index in [-0.39, 0.29) is 0 Å². The minimum atomic E-state index is 0.623. The zero-order valence-corrected chi connectivity index (χ0v) is 20.2. The molecule has 1 amide bonds. The highest BCUT2D eigenvalue weighted by Crippen LogP contribution is 2.28. The van der Waals surface area contributed by atoms with Crippen molar-refractivity contribution in [3.63, 3.8) is 0 Å². The molecule has 9 heteroatoms. The summed E-state index contributed by atoms with van der Waals surface area (Å²) in [4.78, 5) is 24.0. The summed E-state index contributed by atoms with van der Waals surface area (Å²) in [6, 6.07) is 11.2. The number of thiazole rings is 1. The number of methoxy groups -OCH3 is 1. The van der Waals surface area contributed by atoms with Crippen LogP contribution in [0.25, 0.3) is 5.70 Å². The lowest BCUT2D eigenvalue weighted by Gasteiger charge is -2.04. The van der Waals surface area contributed by atoms with Gasteiger partial charge in [-0.25, -0.2) is 9.97 Å². The van der Waals surface area contributed by atoms with Gasteiger partial charge in [0.1, 0.15) is 11.6 Å². The van der Waals surface area contributed by atoms with Crippen LogP contribution in [0.3, 0.4) is 0 Å². The van der Waals surface area contributed by atoms with Crippen LogP contribution in [-0.2, 0) is 4.79 Å². The second-order valence-electron chi connectivity index (χ2n) is 6.48. The maximum absolute atomic E-state index is 10.1. The maximum Gasteiger partial charge on any atom is 0.211 e. The number of amides is 1. The minimum Gasteiger partial charge on any atom is -0.495 e. The summed E-state index contributed by atoms with van der Waals surface area (Å²) in [6.45, 7) is 9.67. The lowest BCUT2D eigenvalue weighted by atomic mass is 10.3. The Morgan fingerprint density at radius 3 is 2.62 bits per heavy atom. The highest BCUT2D eigenvalue weighted by atomic mass is 32.2. The molecule has 0 aliphatic heterocycles. The number of aliphatic imine (C=N–C) groups is 1. The first-order valence-electron chi connectivity index (χ1n) is 9.71. The van der Waals surface area contributed by atoms with Crippen molar-refractivity contribution in [2.75, 3.05) is 23.6 Å². The van der Waals surface area contributed by atoms with Crippen LogP contribution in [0.4, 0.5) is 11.5 Å². The molecule has 0 saturated carbocycles. The fourth-order valence-corrected chi connectivity index (χ4v) is 4.21. The summed E-state index contributed by atoms with van der Waals surface area (Å²) in [5.74, 6) is 2.27. The molecule has 0 bridgehead atoms. The highest BCUT2D eigenvalue weighted by molar-refractivity contribution is 8.02. The van der Waals surface area contributed by atoms with Gasteiger partial charge in [-0.3, -0.25) is 9.79 Å². The van der Waals surface area contributed by atoms with Crippen LogP contribution in [0.1, 0.15) is 21.1 Å². The van der Waals surface area contributed by atoms with E-state index in [1.165, 1.54) is 0 Å². The molecule has 0 radical (unpaired) electrons. The third-order valence-electron chi connectivity index (χ3n) is 4.07. The number of ether oxygens (including phenoxy) is 1. The Hall–Kier alpha value is -3.17. The molecule has 0 aliphatic carbocycles. The van der Waals surface area contributed by atoms with Crippen molar-refractivity contribution < 1.29 is 9.53 Å². The predicted molar refractivity (Wildman–Crippen MR) is 137 cm³/mol. The Morgan fingerprint density at radius 1 is 1.25 bits per heavy atom. The van der Waals surface area contributed by atoms with Crippen molar-refractivity contribution in [1.82, 2.24) is 9.97 Å². The topological polar surface area (TPSA) is 88.5 Å². The lowest BCUT2D eigenvalue weighted by molar-refractivity contribution is -0.105. The molecule has 2 heterocycles. The van der Waals surface area contributed by atoms with Crippen LogP contribution < -0.4 is 15.4 Å². The smallest absolute Gasteiger partial charge is 0.211 e. The Bertz CT molecular complexity index is 1050. The van der Waals surface area contributed by atoms with E-state index in [0.29, 0.717) is 17.8 Å². The van der Waals surface area contributed by atoms with Gasteiger partial charge in [0.2, 0.25) is 6.41 Å². The van der Waals surface area contributed by atoms with Gasteiger partial charge in [-0.2, -0.15) is 0 Å². The molecule has 168 valence electrons. The first-order chi connectivity index (χ1) is 15.5. The summed E-state index contributed by atoms with van der Waals surface area (Å²) in [5.41, 5.74) is 3.72. The van der Waals surface area contributed by atoms with Crippen LogP contribution in [-0.4, -0.2) is 36.1 Å². The standard InChI is InChI=1S/C15H18N4S2.C8H9NO2/c1-10-5-6-14(17-7-10)18-9-20-8-13(16-4)15-11(2)19-12(3)21-15;1-11-8-5-3-2-4-7(8)9-6-10/h5-8H,4,9H2,1-3H3,(H,17,18);2-6H,1H3,(H,9,10)/b13-8-;. The molecule has 0 fully saturated rings. The van der Waals surface area contributed by atoms with Crippen LogP contribution in [0.2, 0.25) is 0 Å². The molecular weight excluding hydrogens is 442 g/mol. The van der Waals surface area contributed by atoms with Crippen molar-refractivity contribution >= 4 is 53.4 Å². The number of hydrogen-bond donors (Lipinski definition) is 2. The molecule has 3 rings (SSSR count). The van der Waals surface area contributed by atoms with Crippen LogP contribution in [0.5, 0.6) is 5.75 Å². The largest absolute Gasteiger partial charge is 0.495 e. The van der Waals surface area contributed by atoms with Gasteiger partial charge in [0.25, 0.3) is 0 Å². The number of aromatic nitrogens is 2. The van der Waals surface area contributed by atoms with Crippen LogP contribution in [0, 0.1) is 20.8 Å². The first kappa shape index (κ1) is 25.1. The van der Waals surface area contributed by atoms with E-state index in [1.54, 1.807) is 42.3 Å². The van der Waals surface area contributed by atoms with Gasteiger partial charge in [0.15, 0.2) is 0 Å². The van der Waals surface area contributed by atoms with Gasteiger partial charge in [0, 0.05) is 6.20 Å². The van der Waals surface area contributed by atoms with E-state index in [4.69, 9.17) is 4.74 Å². The summed E-state index contributed by atoms with van der Waals surface area (Å²) in [5, 5.41) is 8.83. The van der Waals surface area contributed by atoms with Gasteiger partial charge in [-0.05, 0) is 56.7 Å².